The van der Waals surface area contributed by atoms with Gasteiger partial charge in [0, 0.05) is 12.3 Å². The molecule has 0 spiro atoms. The Morgan fingerprint density at radius 1 is 1.41 bits per heavy atom. The van der Waals surface area contributed by atoms with Crippen molar-refractivity contribution in [3.05, 3.63) is 17.0 Å². The van der Waals surface area contributed by atoms with Crippen LogP contribution in [0.2, 0.25) is 0 Å². The highest BCUT2D eigenvalue weighted by Crippen LogP contribution is 2.43. The molecular formula is C12H15N3O2. The van der Waals surface area contributed by atoms with E-state index in [9.17, 15) is 9.59 Å². The van der Waals surface area contributed by atoms with Crippen molar-refractivity contribution in [3.63, 3.8) is 0 Å². The average Bonchev–Trinajstić information content (AvgIpc) is 3.03. The molecule has 90 valence electrons. The first-order chi connectivity index (χ1) is 8.16. The molecule has 2 aliphatic carbocycles. The Hall–Kier alpha value is -1.65. The van der Waals surface area contributed by atoms with E-state index in [2.05, 4.69) is 5.10 Å². The monoisotopic (exact) mass is 233 g/mol. The summed E-state index contributed by atoms with van der Waals surface area (Å²) in [5.74, 6) is 0.208. The number of primary amides is 1. The van der Waals surface area contributed by atoms with Crippen molar-refractivity contribution in [1.82, 2.24) is 9.78 Å². The van der Waals surface area contributed by atoms with Crippen LogP contribution in [0.5, 0.6) is 0 Å². The number of nitrogens with two attached hydrogens (primary N) is 1. The van der Waals surface area contributed by atoms with Crippen LogP contribution < -0.4 is 5.73 Å². The van der Waals surface area contributed by atoms with Gasteiger partial charge in [-0.3, -0.25) is 14.3 Å². The van der Waals surface area contributed by atoms with Gasteiger partial charge in [0.25, 0.3) is 0 Å². The number of carbonyl (C=O) groups excluding carboxylic acids is 2. The Morgan fingerprint density at radius 2 is 2.18 bits per heavy atom. The molecule has 0 atom stereocenters. The third-order valence-corrected chi connectivity index (χ3v) is 3.45. The second-order valence-electron chi connectivity index (χ2n) is 4.88. The highest BCUT2D eigenvalue weighted by Gasteiger charge is 2.35. The van der Waals surface area contributed by atoms with Crippen molar-refractivity contribution in [2.45, 2.75) is 44.6 Å². The van der Waals surface area contributed by atoms with E-state index in [1.807, 2.05) is 0 Å². The Labute approximate surface area is 99.0 Å². The highest BCUT2D eigenvalue weighted by atomic mass is 16.1. The van der Waals surface area contributed by atoms with Gasteiger partial charge in [-0.2, -0.15) is 5.10 Å². The second kappa shape index (κ2) is 3.68. The number of nitrogens with zero attached hydrogens (tertiary/aromatic N) is 2. The third kappa shape index (κ3) is 1.75. The summed E-state index contributed by atoms with van der Waals surface area (Å²) in [7, 11) is 0. The molecule has 0 radical (unpaired) electrons. The molecule has 1 aromatic heterocycles. The Morgan fingerprint density at radius 3 is 2.82 bits per heavy atom. The molecule has 1 saturated carbocycles. The number of ketones is 1. The largest absolute Gasteiger partial charge is 0.368 e. The van der Waals surface area contributed by atoms with Crippen molar-refractivity contribution in [2.75, 3.05) is 0 Å². The van der Waals surface area contributed by atoms with E-state index in [4.69, 9.17) is 5.73 Å². The summed E-state index contributed by atoms with van der Waals surface area (Å²) in [5, 5.41) is 4.44. The predicted molar refractivity (Wildman–Crippen MR) is 60.7 cm³/mol. The van der Waals surface area contributed by atoms with Crippen molar-refractivity contribution in [3.8, 4) is 0 Å². The maximum atomic E-state index is 12.0. The van der Waals surface area contributed by atoms with Crippen molar-refractivity contribution in [1.29, 1.82) is 0 Å². The molecule has 1 fully saturated rings. The van der Waals surface area contributed by atoms with Crippen LogP contribution in [0.15, 0.2) is 0 Å². The number of amides is 1. The number of fused-ring (bicyclic) bond motifs is 1. The number of hydrogen-bond donors (Lipinski definition) is 1. The highest BCUT2D eigenvalue weighted by molar-refractivity contribution is 5.99. The molecule has 5 nitrogen and oxygen atoms in total. The fraction of sp³-hybridized carbons (Fsp3) is 0.583. The third-order valence-electron chi connectivity index (χ3n) is 3.45. The van der Waals surface area contributed by atoms with Crippen LogP contribution >= 0.6 is 0 Å². The van der Waals surface area contributed by atoms with Gasteiger partial charge in [-0.25, -0.2) is 0 Å². The molecule has 5 heteroatoms. The van der Waals surface area contributed by atoms with Crippen LogP contribution in [0.3, 0.4) is 0 Å². The molecule has 0 saturated heterocycles. The van der Waals surface area contributed by atoms with E-state index < -0.39 is 5.91 Å². The summed E-state index contributed by atoms with van der Waals surface area (Å²) < 4.78 is 1.64. The quantitative estimate of drug-likeness (QED) is 0.837. The first kappa shape index (κ1) is 10.5. The Balaban J connectivity index is 2.08. The topological polar surface area (TPSA) is 78.0 Å². The zero-order valence-corrected chi connectivity index (χ0v) is 9.61. The molecule has 0 aromatic carbocycles. The van der Waals surface area contributed by atoms with Crippen LogP contribution in [-0.2, 0) is 17.8 Å². The molecule has 0 bridgehead atoms. The Kier molecular flexibility index (Phi) is 2.28. The van der Waals surface area contributed by atoms with Gasteiger partial charge >= 0.3 is 0 Å². The van der Waals surface area contributed by atoms with Crippen molar-refractivity contribution in [2.24, 2.45) is 5.73 Å². The summed E-state index contributed by atoms with van der Waals surface area (Å²) in [6.45, 7) is 0.0856. The number of rotatable bonds is 3. The fourth-order valence-electron chi connectivity index (χ4n) is 2.54. The van der Waals surface area contributed by atoms with E-state index >= 15 is 0 Å². The van der Waals surface area contributed by atoms with Gasteiger partial charge < -0.3 is 5.73 Å². The minimum Gasteiger partial charge on any atom is -0.368 e. The lowest BCUT2D eigenvalue weighted by Gasteiger charge is -2.12. The standard InChI is InChI=1S/C12H15N3O2/c13-10(17)6-15-8-2-1-3-9(16)11(8)12(14-15)7-4-5-7/h7H,1-6H2,(H2,13,17). The number of aromatic nitrogens is 2. The van der Waals surface area contributed by atoms with Crippen LogP contribution in [0.25, 0.3) is 0 Å². The average molecular weight is 233 g/mol. The van der Waals surface area contributed by atoms with Crippen LogP contribution in [0.4, 0.5) is 0 Å². The van der Waals surface area contributed by atoms with Gasteiger partial charge in [-0.05, 0) is 25.7 Å². The number of carbonyl (C=O) groups is 2. The lowest BCUT2D eigenvalue weighted by atomic mass is 9.93. The minimum absolute atomic E-state index is 0.0856. The summed E-state index contributed by atoms with van der Waals surface area (Å²) in [6, 6.07) is 0. The second-order valence-corrected chi connectivity index (χ2v) is 4.88. The summed E-state index contributed by atoms with van der Waals surface area (Å²) in [6.07, 6.45) is 4.49. The summed E-state index contributed by atoms with van der Waals surface area (Å²) >= 11 is 0. The molecule has 0 unspecified atom stereocenters. The molecular weight excluding hydrogens is 218 g/mol. The maximum absolute atomic E-state index is 12.0. The smallest absolute Gasteiger partial charge is 0.239 e. The summed E-state index contributed by atoms with van der Waals surface area (Å²) in [4.78, 5) is 23.0. The van der Waals surface area contributed by atoms with Crippen LogP contribution in [-0.4, -0.2) is 21.5 Å². The lowest BCUT2D eigenvalue weighted by molar-refractivity contribution is -0.118. The number of Topliss-reactive ketones (excluding diaryl/α,β-unsaturated/α-hetero) is 1. The summed E-state index contributed by atoms with van der Waals surface area (Å²) in [5.41, 5.74) is 7.83. The Bertz CT molecular complexity index is 500. The van der Waals surface area contributed by atoms with E-state index in [1.165, 1.54) is 0 Å². The number of hydrogen-bond acceptors (Lipinski definition) is 3. The van der Waals surface area contributed by atoms with Gasteiger partial charge in [0.2, 0.25) is 5.91 Å². The molecule has 2 N–H and O–H groups in total. The zero-order chi connectivity index (χ0) is 12.0. The predicted octanol–water partition coefficient (Wildman–Crippen LogP) is 0.765. The van der Waals surface area contributed by atoms with Crippen molar-refractivity contribution < 1.29 is 9.59 Å². The molecule has 1 aromatic rings. The van der Waals surface area contributed by atoms with Crippen LogP contribution in [0, 0.1) is 0 Å². The first-order valence-electron chi connectivity index (χ1n) is 6.08. The van der Waals surface area contributed by atoms with E-state index in [0.29, 0.717) is 12.3 Å². The fourth-order valence-corrected chi connectivity index (χ4v) is 2.54. The van der Waals surface area contributed by atoms with E-state index in [-0.39, 0.29) is 12.3 Å². The van der Waals surface area contributed by atoms with Gasteiger partial charge in [0.1, 0.15) is 6.54 Å². The van der Waals surface area contributed by atoms with Gasteiger partial charge in [0.05, 0.1) is 17.0 Å². The van der Waals surface area contributed by atoms with Gasteiger partial charge in [-0.15, -0.1) is 0 Å². The minimum atomic E-state index is -0.407. The first-order valence-corrected chi connectivity index (χ1v) is 6.08. The molecule has 17 heavy (non-hydrogen) atoms. The zero-order valence-electron chi connectivity index (χ0n) is 9.61. The molecule has 1 amide bonds. The van der Waals surface area contributed by atoms with E-state index in [0.717, 1.165) is 42.6 Å². The molecule has 3 rings (SSSR count). The normalized spacial score (nSPS) is 19.2. The SMILES string of the molecule is NC(=O)Cn1nc(C2CC2)c2c1CCCC2=O. The molecule has 1 heterocycles. The van der Waals surface area contributed by atoms with Crippen molar-refractivity contribution >= 4 is 11.7 Å². The molecule has 2 aliphatic rings. The van der Waals surface area contributed by atoms with Gasteiger partial charge in [-0.1, -0.05) is 0 Å². The lowest BCUT2D eigenvalue weighted by Crippen LogP contribution is -2.22. The molecule has 0 aliphatic heterocycles. The van der Waals surface area contributed by atoms with E-state index in [1.54, 1.807) is 4.68 Å². The maximum Gasteiger partial charge on any atom is 0.239 e. The van der Waals surface area contributed by atoms with Gasteiger partial charge in [0.15, 0.2) is 5.78 Å². The van der Waals surface area contributed by atoms with Crippen LogP contribution in [0.1, 0.15) is 53.3 Å².